The van der Waals surface area contributed by atoms with Crippen LogP contribution in [0.3, 0.4) is 0 Å². The summed E-state index contributed by atoms with van der Waals surface area (Å²) in [6.45, 7) is 1.50. The van der Waals surface area contributed by atoms with E-state index in [1.807, 2.05) is 0 Å². The molecule has 0 unspecified atom stereocenters. The van der Waals surface area contributed by atoms with Crippen molar-refractivity contribution in [2.24, 2.45) is 5.92 Å². The van der Waals surface area contributed by atoms with Crippen molar-refractivity contribution in [1.82, 2.24) is 0 Å². The van der Waals surface area contributed by atoms with Crippen LogP contribution >= 0.6 is 0 Å². The second kappa shape index (κ2) is 3.35. The van der Waals surface area contributed by atoms with Gasteiger partial charge in [-0.3, -0.25) is 0 Å². The van der Waals surface area contributed by atoms with Crippen molar-refractivity contribution in [2.75, 3.05) is 13.2 Å². The summed E-state index contributed by atoms with van der Waals surface area (Å²) in [7, 11) is 0. The van der Waals surface area contributed by atoms with Crippen molar-refractivity contribution in [3.63, 3.8) is 0 Å². The van der Waals surface area contributed by atoms with E-state index in [1.165, 1.54) is 19.3 Å². The molecule has 0 aromatic heterocycles. The van der Waals surface area contributed by atoms with Gasteiger partial charge in [-0.15, -0.1) is 0 Å². The second-order valence-electron chi connectivity index (χ2n) is 4.32. The molecule has 1 N–H and O–H groups in total. The minimum Gasteiger partial charge on any atom is -0.390 e. The SMILES string of the molecule is OC1(CCC2CC2)CCOCC1. The quantitative estimate of drug-likeness (QED) is 0.698. The molecule has 0 atom stereocenters. The van der Waals surface area contributed by atoms with Crippen LogP contribution < -0.4 is 0 Å². The minimum absolute atomic E-state index is 0.374. The summed E-state index contributed by atoms with van der Waals surface area (Å²) in [4.78, 5) is 0. The molecule has 0 spiro atoms. The fourth-order valence-corrected chi connectivity index (χ4v) is 1.88. The predicted octanol–water partition coefficient (Wildman–Crippen LogP) is 1.72. The predicted molar refractivity (Wildman–Crippen MR) is 47.0 cm³/mol. The zero-order valence-corrected chi connectivity index (χ0v) is 7.59. The third-order valence-corrected chi connectivity index (χ3v) is 3.14. The molecule has 0 amide bonds. The number of ether oxygens (including phenoxy) is 1. The molecule has 1 saturated heterocycles. The largest absolute Gasteiger partial charge is 0.390 e. The van der Waals surface area contributed by atoms with Crippen LogP contribution in [-0.4, -0.2) is 23.9 Å². The first-order valence-corrected chi connectivity index (χ1v) is 5.09. The topological polar surface area (TPSA) is 29.5 Å². The molecule has 2 heteroatoms. The van der Waals surface area contributed by atoms with Crippen molar-refractivity contribution in [3.05, 3.63) is 0 Å². The molecular formula is C10H18O2. The van der Waals surface area contributed by atoms with Gasteiger partial charge >= 0.3 is 0 Å². The van der Waals surface area contributed by atoms with Crippen LogP contribution in [-0.2, 0) is 4.74 Å². The van der Waals surface area contributed by atoms with Gasteiger partial charge in [0.25, 0.3) is 0 Å². The molecule has 2 fully saturated rings. The Morgan fingerprint density at radius 3 is 2.50 bits per heavy atom. The second-order valence-corrected chi connectivity index (χ2v) is 4.32. The van der Waals surface area contributed by atoms with E-state index in [2.05, 4.69) is 0 Å². The van der Waals surface area contributed by atoms with E-state index in [-0.39, 0.29) is 5.60 Å². The molecule has 0 aromatic carbocycles. The summed E-state index contributed by atoms with van der Waals surface area (Å²) in [5.41, 5.74) is -0.374. The van der Waals surface area contributed by atoms with Gasteiger partial charge in [-0.05, 0) is 31.6 Å². The van der Waals surface area contributed by atoms with E-state index < -0.39 is 0 Å². The first-order valence-electron chi connectivity index (χ1n) is 5.09. The summed E-state index contributed by atoms with van der Waals surface area (Å²) < 4.78 is 5.23. The van der Waals surface area contributed by atoms with Gasteiger partial charge in [0.1, 0.15) is 0 Å². The maximum Gasteiger partial charge on any atom is 0.0691 e. The molecule has 1 saturated carbocycles. The van der Waals surface area contributed by atoms with Crippen LogP contribution in [0.1, 0.15) is 38.5 Å². The molecule has 0 radical (unpaired) electrons. The molecule has 0 bridgehead atoms. The Kier molecular flexibility index (Phi) is 2.37. The van der Waals surface area contributed by atoms with Crippen LogP contribution in [0.25, 0.3) is 0 Å². The average Bonchev–Trinajstić information content (AvgIpc) is 2.85. The van der Waals surface area contributed by atoms with Crippen molar-refractivity contribution in [3.8, 4) is 0 Å². The zero-order chi connectivity index (χ0) is 8.44. The van der Waals surface area contributed by atoms with Crippen LogP contribution in [0.5, 0.6) is 0 Å². The molecular weight excluding hydrogens is 152 g/mol. The molecule has 1 aliphatic carbocycles. The monoisotopic (exact) mass is 170 g/mol. The molecule has 2 aliphatic rings. The van der Waals surface area contributed by atoms with Gasteiger partial charge in [0.2, 0.25) is 0 Å². The Bertz CT molecular complexity index is 146. The van der Waals surface area contributed by atoms with Gasteiger partial charge in [-0.25, -0.2) is 0 Å². The first kappa shape index (κ1) is 8.52. The lowest BCUT2D eigenvalue weighted by Gasteiger charge is -2.32. The molecule has 0 aromatic rings. The standard InChI is InChI=1S/C10H18O2/c11-10(4-3-9-1-2-9)5-7-12-8-6-10/h9,11H,1-8H2. The number of aliphatic hydroxyl groups is 1. The van der Waals surface area contributed by atoms with E-state index in [9.17, 15) is 5.11 Å². The smallest absolute Gasteiger partial charge is 0.0691 e. The lowest BCUT2D eigenvalue weighted by molar-refractivity contribution is -0.0695. The molecule has 1 aliphatic heterocycles. The van der Waals surface area contributed by atoms with E-state index in [4.69, 9.17) is 4.74 Å². The Morgan fingerprint density at radius 1 is 1.25 bits per heavy atom. The minimum atomic E-state index is -0.374. The fraction of sp³-hybridized carbons (Fsp3) is 1.00. The van der Waals surface area contributed by atoms with Gasteiger partial charge in [-0.1, -0.05) is 12.8 Å². The van der Waals surface area contributed by atoms with Crippen LogP contribution in [0.15, 0.2) is 0 Å². The molecule has 2 nitrogen and oxygen atoms in total. The van der Waals surface area contributed by atoms with Crippen molar-refractivity contribution < 1.29 is 9.84 Å². The number of rotatable bonds is 3. The molecule has 2 rings (SSSR count). The van der Waals surface area contributed by atoms with Crippen LogP contribution in [0.4, 0.5) is 0 Å². The van der Waals surface area contributed by atoms with Crippen LogP contribution in [0, 0.1) is 5.92 Å². The Morgan fingerprint density at radius 2 is 1.92 bits per heavy atom. The van der Waals surface area contributed by atoms with E-state index in [0.29, 0.717) is 0 Å². The highest BCUT2D eigenvalue weighted by atomic mass is 16.5. The summed E-state index contributed by atoms with van der Waals surface area (Å²) in [6, 6.07) is 0. The van der Waals surface area contributed by atoms with Crippen molar-refractivity contribution >= 4 is 0 Å². The van der Waals surface area contributed by atoms with Gasteiger partial charge < -0.3 is 9.84 Å². The number of hydrogen-bond donors (Lipinski definition) is 1. The normalized spacial score (nSPS) is 28.8. The van der Waals surface area contributed by atoms with E-state index >= 15 is 0 Å². The van der Waals surface area contributed by atoms with Crippen molar-refractivity contribution in [1.29, 1.82) is 0 Å². The fourth-order valence-electron chi connectivity index (χ4n) is 1.88. The van der Waals surface area contributed by atoms with Crippen LogP contribution in [0.2, 0.25) is 0 Å². The van der Waals surface area contributed by atoms with Gasteiger partial charge in [0.05, 0.1) is 5.60 Å². The third-order valence-electron chi connectivity index (χ3n) is 3.14. The summed E-state index contributed by atoms with van der Waals surface area (Å²) in [5.74, 6) is 0.942. The lowest BCUT2D eigenvalue weighted by atomic mass is 9.88. The van der Waals surface area contributed by atoms with E-state index in [0.717, 1.165) is 38.4 Å². The van der Waals surface area contributed by atoms with Gasteiger partial charge in [-0.2, -0.15) is 0 Å². The summed E-state index contributed by atoms with van der Waals surface area (Å²) >= 11 is 0. The first-order chi connectivity index (χ1) is 5.79. The Labute approximate surface area is 73.9 Å². The highest BCUT2D eigenvalue weighted by molar-refractivity contribution is 4.84. The van der Waals surface area contributed by atoms with Crippen molar-refractivity contribution in [2.45, 2.75) is 44.1 Å². The Balaban J connectivity index is 1.73. The maximum atomic E-state index is 10.1. The van der Waals surface area contributed by atoms with E-state index in [1.54, 1.807) is 0 Å². The third kappa shape index (κ3) is 2.20. The Hall–Kier alpha value is -0.0800. The number of hydrogen-bond acceptors (Lipinski definition) is 2. The maximum absolute atomic E-state index is 10.1. The summed E-state index contributed by atoms with van der Waals surface area (Å²) in [6.07, 6.45) is 6.72. The molecule has 1 heterocycles. The van der Waals surface area contributed by atoms with Gasteiger partial charge in [0.15, 0.2) is 0 Å². The summed E-state index contributed by atoms with van der Waals surface area (Å²) in [5, 5.41) is 10.1. The highest BCUT2D eigenvalue weighted by Crippen LogP contribution is 2.37. The lowest BCUT2D eigenvalue weighted by Crippen LogP contribution is -2.36. The zero-order valence-electron chi connectivity index (χ0n) is 7.59. The molecule has 12 heavy (non-hydrogen) atoms. The average molecular weight is 170 g/mol. The molecule has 70 valence electrons. The highest BCUT2D eigenvalue weighted by Gasteiger charge is 2.32. The van der Waals surface area contributed by atoms with Gasteiger partial charge in [0, 0.05) is 13.2 Å².